The third kappa shape index (κ3) is 1.87. The molecule has 0 amide bonds. The fraction of sp³-hybridized carbons (Fsp3) is 0.286. The molecule has 1 atom stereocenters. The maximum atomic E-state index is 13.3. The molecule has 0 aliphatic carbocycles. The Bertz CT molecular complexity index is 716. The lowest BCUT2D eigenvalue weighted by Crippen LogP contribution is -2.60. The molecule has 0 saturated heterocycles. The summed E-state index contributed by atoms with van der Waals surface area (Å²) >= 11 is 0. The summed E-state index contributed by atoms with van der Waals surface area (Å²) in [5, 5.41) is 0.478. The minimum Gasteiger partial charge on any atom is -0.464 e. The van der Waals surface area contributed by atoms with Crippen LogP contribution in [0.2, 0.25) is 0 Å². The number of furan rings is 2. The summed E-state index contributed by atoms with van der Waals surface area (Å²) in [5.74, 6) is 0. The van der Waals surface area contributed by atoms with E-state index in [0.717, 1.165) is 0 Å². The molecule has 0 saturated carbocycles. The second kappa shape index (κ2) is 4.28. The first-order chi connectivity index (χ1) is 9.39. The second-order valence-electron chi connectivity index (χ2n) is 4.99. The normalized spacial score (nSPS) is 14.2. The molecule has 0 radical (unpaired) electrons. The number of rotatable bonds is 2. The molecule has 20 heavy (non-hydrogen) atoms. The van der Waals surface area contributed by atoms with E-state index in [2.05, 4.69) is 5.73 Å². The van der Waals surface area contributed by atoms with E-state index in [1.165, 1.54) is 18.6 Å². The summed E-state index contributed by atoms with van der Waals surface area (Å²) in [5.41, 5.74) is 3.96. The molecule has 1 aromatic carbocycles. The van der Waals surface area contributed by atoms with Gasteiger partial charge >= 0.3 is 6.18 Å². The third-order valence-corrected chi connectivity index (χ3v) is 3.26. The van der Waals surface area contributed by atoms with Gasteiger partial charge in [0.2, 0.25) is 0 Å². The van der Waals surface area contributed by atoms with Gasteiger partial charge in [-0.25, -0.2) is 0 Å². The molecule has 0 spiro atoms. The monoisotopic (exact) mass is 284 g/mol. The van der Waals surface area contributed by atoms with Crippen molar-refractivity contribution in [3.8, 4) is 0 Å². The first kappa shape index (κ1) is 13.1. The molecule has 0 aliphatic rings. The van der Waals surface area contributed by atoms with Crippen LogP contribution < -0.4 is 5.73 Å². The molecule has 3 aromatic rings. The molecule has 106 valence electrons. The van der Waals surface area contributed by atoms with E-state index in [1.807, 2.05) is 6.92 Å². The van der Waals surface area contributed by atoms with Crippen LogP contribution in [-0.4, -0.2) is 6.04 Å². The van der Waals surface area contributed by atoms with Gasteiger partial charge in [0.05, 0.1) is 18.6 Å². The lowest BCUT2D eigenvalue weighted by atomic mass is 9.97. The van der Waals surface area contributed by atoms with Gasteiger partial charge in [-0.05, 0) is 19.1 Å². The zero-order valence-corrected chi connectivity index (χ0v) is 10.8. The van der Waals surface area contributed by atoms with Gasteiger partial charge in [0.25, 0.3) is 0 Å². The molecular weight excluding hydrogens is 271 g/mol. The van der Waals surface area contributed by atoms with E-state index in [4.69, 9.17) is 8.83 Å². The highest BCUT2D eigenvalue weighted by Gasteiger charge is 2.38. The highest BCUT2D eigenvalue weighted by molar-refractivity contribution is 6.01. The topological polar surface area (TPSA) is 53.9 Å². The molecule has 2 aromatic heterocycles. The predicted molar refractivity (Wildman–Crippen MR) is 67.0 cm³/mol. The number of halogens is 3. The maximum Gasteiger partial charge on any atom is 0.420 e. The molecule has 0 bridgehead atoms. The first-order valence-corrected chi connectivity index (χ1v) is 6.19. The van der Waals surface area contributed by atoms with Crippen LogP contribution in [0.4, 0.5) is 13.2 Å². The number of hydrogen-bond donors (Lipinski definition) is 1. The Hall–Kier alpha value is -1.95. The molecule has 0 unspecified atom stereocenters. The summed E-state index contributed by atoms with van der Waals surface area (Å²) in [6.45, 7) is 1.90. The Morgan fingerprint density at radius 3 is 2.30 bits per heavy atom. The van der Waals surface area contributed by atoms with Crippen molar-refractivity contribution in [1.29, 1.82) is 0 Å². The van der Waals surface area contributed by atoms with E-state index < -0.39 is 11.7 Å². The van der Waals surface area contributed by atoms with E-state index in [1.54, 1.807) is 6.07 Å². The fourth-order valence-corrected chi connectivity index (χ4v) is 2.56. The van der Waals surface area contributed by atoms with Gasteiger partial charge in [-0.15, -0.1) is 0 Å². The van der Waals surface area contributed by atoms with Crippen molar-refractivity contribution in [2.45, 2.75) is 25.6 Å². The SMILES string of the molecule is C[C@H]([NH3+])Cc1c2ccoc2c(C(F)(F)F)c2ccoc12. The third-order valence-electron chi connectivity index (χ3n) is 3.26. The van der Waals surface area contributed by atoms with Crippen LogP contribution in [0, 0.1) is 0 Å². The quantitative estimate of drug-likeness (QED) is 0.784. The van der Waals surface area contributed by atoms with Crippen LogP contribution in [0.25, 0.3) is 21.9 Å². The van der Waals surface area contributed by atoms with Crippen molar-refractivity contribution < 1.29 is 27.7 Å². The van der Waals surface area contributed by atoms with Crippen LogP contribution in [0.1, 0.15) is 18.1 Å². The molecule has 3 rings (SSSR count). The van der Waals surface area contributed by atoms with E-state index in [0.29, 0.717) is 17.4 Å². The second-order valence-corrected chi connectivity index (χ2v) is 4.99. The van der Waals surface area contributed by atoms with Crippen molar-refractivity contribution in [2.75, 3.05) is 0 Å². The van der Waals surface area contributed by atoms with Crippen molar-refractivity contribution in [2.24, 2.45) is 0 Å². The van der Waals surface area contributed by atoms with Crippen LogP contribution in [0.5, 0.6) is 0 Å². The Labute approximate surface area is 112 Å². The lowest BCUT2D eigenvalue weighted by molar-refractivity contribution is -0.413. The molecule has 2 heterocycles. The number of hydrogen-bond acceptors (Lipinski definition) is 2. The minimum atomic E-state index is -4.49. The highest BCUT2D eigenvalue weighted by atomic mass is 19.4. The fourth-order valence-electron chi connectivity index (χ4n) is 2.56. The lowest BCUT2D eigenvalue weighted by Gasteiger charge is -2.12. The summed E-state index contributed by atoms with van der Waals surface area (Å²) in [4.78, 5) is 0. The molecule has 0 fully saturated rings. The Morgan fingerprint density at radius 2 is 1.70 bits per heavy atom. The van der Waals surface area contributed by atoms with E-state index >= 15 is 0 Å². The summed E-state index contributed by atoms with van der Waals surface area (Å²) < 4.78 is 50.2. The van der Waals surface area contributed by atoms with Gasteiger partial charge in [-0.2, -0.15) is 13.2 Å². The number of fused-ring (bicyclic) bond motifs is 2. The number of alkyl halides is 3. The van der Waals surface area contributed by atoms with Crippen molar-refractivity contribution in [3.63, 3.8) is 0 Å². The van der Waals surface area contributed by atoms with Gasteiger partial charge in [-0.3, -0.25) is 0 Å². The summed E-state index contributed by atoms with van der Waals surface area (Å²) in [7, 11) is 0. The average molecular weight is 284 g/mol. The number of benzene rings is 1. The van der Waals surface area contributed by atoms with E-state index in [-0.39, 0.29) is 22.6 Å². The average Bonchev–Trinajstić information content (AvgIpc) is 2.93. The largest absolute Gasteiger partial charge is 0.464 e. The molecule has 3 nitrogen and oxygen atoms in total. The van der Waals surface area contributed by atoms with Crippen molar-refractivity contribution in [3.05, 3.63) is 35.8 Å². The maximum absolute atomic E-state index is 13.3. The van der Waals surface area contributed by atoms with Gasteiger partial charge < -0.3 is 14.6 Å². The zero-order chi connectivity index (χ0) is 14.5. The van der Waals surface area contributed by atoms with Crippen LogP contribution in [-0.2, 0) is 12.6 Å². The highest BCUT2D eigenvalue weighted by Crippen LogP contribution is 2.43. The van der Waals surface area contributed by atoms with Gasteiger partial charge in [0, 0.05) is 22.8 Å². The van der Waals surface area contributed by atoms with Crippen LogP contribution in [0.15, 0.2) is 33.5 Å². The Morgan fingerprint density at radius 1 is 1.10 bits per heavy atom. The Balaban J connectivity index is 2.46. The van der Waals surface area contributed by atoms with E-state index in [9.17, 15) is 13.2 Å². The molecule has 0 aliphatic heterocycles. The number of quaternary nitrogens is 1. The van der Waals surface area contributed by atoms with Gasteiger partial charge in [0.15, 0.2) is 0 Å². The van der Waals surface area contributed by atoms with Crippen LogP contribution in [0.3, 0.4) is 0 Å². The minimum absolute atomic E-state index is 0.0376. The first-order valence-electron chi connectivity index (χ1n) is 6.19. The molecule has 6 heteroatoms. The van der Waals surface area contributed by atoms with Crippen LogP contribution >= 0.6 is 0 Å². The molecular formula is C14H13F3NO2+. The smallest absolute Gasteiger partial charge is 0.420 e. The van der Waals surface area contributed by atoms with Gasteiger partial charge in [-0.1, -0.05) is 0 Å². The van der Waals surface area contributed by atoms with Crippen molar-refractivity contribution >= 4 is 21.9 Å². The van der Waals surface area contributed by atoms with Crippen molar-refractivity contribution in [1.82, 2.24) is 0 Å². The summed E-state index contributed by atoms with van der Waals surface area (Å²) in [6, 6.07) is 2.93. The Kier molecular flexibility index (Phi) is 2.79. The summed E-state index contributed by atoms with van der Waals surface area (Å²) in [6.07, 6.45) is -1.42. The predicted octanol–water partition coefficient (Wildman–Crippen LogP) is 3.37. The zero-order valence-electron chi connectivity index (χ0n) is 10.8. The van der Waals surface area contributed by atoms with Gasteiger partial charge in [0.1, 0.15) is 16.7 Å². The molecule has 3 N–H and O–H groups in total. The standard InChI is InChI=1S/C14H12F3NO2/c1-7(18)6-10-8-2-4-20-13(8)11(14(15,16)17)9-3-5-19-12(9)10/h2-5,7H,6,18H2,1H3/p+1/t7-/m0/s1.